The number of urea groups is 1. The fourth-order valence-corrected chi connectivity index (χ4v) is 9.48. The van der Waals surface area contributed by atoms with E-state index in [1.807, 2.05) is 0 Å². The van der Waals surface area contributed by atoms with Crippen LogP contribution in [-0.2, 0) is 48.1 Å². The van der Waals surface area contributed by atoms with Crippen molar-refractivity contribution >= 4 is 78.9 Å². The lowest BCUT2D eigenvalue weighted by Crippen LogP contribution is -2.56. The molecule has 1 aromatic rings. The molecular weight excluding hydrogens is 941 g/mol. The van der Waals surface area contributed by atoms with E-state index in [9.17, 15) is 55.3 Å². The van der Waals surface area contributed by atoms with E-state index in [0.29, 0.717) is 76.6 Å². The number of azide groups is 1. The van der Waals surface area contributed by atoms with E-state index >= 15 is 0 Å². The SMILES string of the molecule is CS(=O)(=S)OCCNC(=O)[C@H](CCCCNC(=O)CCCCCNC(=O)[C@@]1(CCCCC(=O)O)SC[C@@H]2NC(=O)N[C@@H]21)NC(=O)CCCCCNC(=O)c1c(F)c(F)c(N=[N+]=[N-])c(F)c1F. The van der Waals surface area contributed by atoms with Gasteiger partial charge in [0.1, 0.15) is 30.8 Å². The molecule has 0 aromatic heterocycles. The zero-order chi connectivity index (χ0) is 48.9. The number of carboxylic acids is 1. The molecule has 2 heterocycles. The van der Waals surface area contributed by atoms with Crippen LogP contribution in [0.5, 0.6) is 0 Å². The van der Waals surface area contributed by atoms with Crippen molar-refractivity contribution in [2.24, 2.45) is 5.11 Å². The molecule has 20 nitrogen and oxygen atoms in total. The van der Waals surface area contributed by atoms with Gasteiger partial charge in [0.15, 0.2) is 23.3 Å². The van der Waals surface area contributed by atoms with Crippen molar-refractivity contribution in [3.63, 3.8) is 0 Å². The molecule has 0 bridgehead atoms. The van der Waals surface area contributed by atoms with Crippen molar-refractivity contribution in [3.05, 3.63) is 39.3 Å². The average molecular weight is 997 g/mol. The second-order valence-corrected chi connectivity index (χ2v) is 20.4. The van der Waals surface area contributed by atoms with Crippen LogP contribution >= 0.6 is 11.8 Å². The minimum atomic E-state index is -2.93. The summed E-state index contributed by atoms with van der Waals surface area (Å²) >= 11 is 6.15. The third-order valence-electron chi connectivity index (χ3n) is 10.5. The quantitative estimate of drug-likeness (QED) is 0.0101. The number of amides is 7. The van der Waals surface area contributed by atoms with Crippen LogP contribution in [0, 0.1) is 23.3 Å². The van der Waals surface area contributed by atoms with Gasteiger partial charge in [-0.3, -0.25) is 33.0 Å². The van der Waals surface area contributed by atoms with Crippen LogP contribution in [0.2, 0.25) is 0 Å². The topological polar surface area (TPSA) is 299 Å². The van der Waals surface area contributed by atoms with E-state index in [-0.39, 0.29) is 82.1 Å². The van der Waals surface area contributed by atoms with Crippen LogP contribution in [0.25, 0.3) is 10.4 Å². The van der Waals surface area contributed by atoms with E-state index < -0.39 is 83.8 Å². The number of rotatable bonds is 31. The first-order chi connectivity index (χ1) is 31.3. The first-order valence-electron chi connectivity index (χ1n) is 21.4. The van der Waals surface area contributed by atoms with Crippen LogP contribution in [0.1, 0.15) is 107 Å². The molecule has 8 N–H and O–H groups in total. The van der Waals surface area contributed by atoms with Gasteiger partial charge < -0.3 is 42.3 Å². The number of hydrogen-bond donors (Lipinski definition) is 8. The van der Waals surface area contributed by atoms with Crippen LogP contribution in [0.4, 0.5) is 28.0 Å². The van der Waals surface area contributed by atoms with Crippen LogP contribution in [0.3, 0.4) is 0 Å². The van der Waals surface area contributed by atoms with Crippen LogP contribution in [-0.4, -0.2) is 119 Å². The van der Waals surface area contributed by atoms with Gasteiger partial charge in [-0.25, -0.2) is 26.6 Å². The molecule has 66 heavy (non-hydrogen) atoms. The molecule has 1 aromatic carbocycles. The van der Waals surface area contributed by atoms with E-state index in [4.69, 9.17) is 14.8 Å². The summed E-state index contributed by atoms with van der Waals surface area (Å²) in [7, 11) is -2.93. The van der Waals surface area contributed by atoms with Gasteiger partial charge in [-0.15, -0.1) is 11.8 Å². The van der Waals surface area contributed by atoms with Gasteiger partial charge in [-0.05, 0) is 63.3 Å². The zero-order valence-corrected chi connectivity index (χ0v) is 38.7. The standard InChI is InChI=1S/C39H56F4N10O10S3/c1-66(62,64)63-21-20-47-35(58)23(49-26(55)14-5-3-9-18-46-36(59)28-29(40)31(42)33(52-53-44)32(43)30(28)41)12-7-11-17-45-25(54)13-4-2-10-19-48-37(60)39(16-8-6-15-27(56)57)34-24(22-65-39)50-38(61)51-34/h23-24,34H,2-22H2,1H3,(H,45,54)(H,46,59)(H,47,58)(H,48,60)(H,49,55)(H,56,57)(H2,50,51,61)/t23-,24-,34-,39-,66?/m0/s1. The van der Waals surface area contributed by atoms with Crippen molar-refractivity contribution in [3.8, 4) is 0 Å². The normalized spacial score (nSPS) is 18.7. The van der Waals surface area contributed by atoms with E-state index in [0.717, 1.165) is 0 Å². The number of benzene rings is 1. The summed E-state index contributed by atoms with van der Waals surface area (Å²) in [5.74, 6) is -11.4. The Balaban J connectivity index is 1.36. The Labute approximate surface area is 387 Å². The van der Waals surface area contributed by atoms with E-state index in [2.05, 4.69) is 58.4 Å². The monoisotopic (exact) mass is 996 g/mol. The summed E-state index contributed by atoms with van der Waals surface area (Å²) in [6.45, 7) is 0.309. The molecule has 7 amide bonds. The number of unbranched alkanes of at least 4 members (excludes halogenated alkanes) is 6. The van der Waals surface area contributed by atoms with Gasteiger partial charge in [0.25, 0.3) is 5.91 Å². The first-order valence-corrected chi connectivity index (χ1v) is 25.2. The number of aliphatic carboxylic acids is 1. The second kappa shape index (κ2) is 27.6. The molecule has 2 aliphatic rings. The third-order valence-corrected chi connectivity index (χ3v) is 13.1. The van der Waals surface area contributed by atoms with Gasteiger partial charge >= 0.3 is 12.0 Å². The largest absolute Gasteiger partial charge is 0.481 e. The van der Waals surface area contributed by atoms with E-state index in [1.165, 1.54) is 18.0 Å². The van der Waals surface area contributed by atoms with Crippen molar-refractivity contribution in [2.45, 2.75) is 119 Å². The molecule has 2 saturated heterocycles. The highest BCUT2D eigenvalue weighted by atomic mass is 32.8. The Morgan fingerprint density at radius 3 is 2.09 bits per heavy atom. The molecule has 0 spiro atoms. The summed E-state index contributed by atoms with van der Waals surface area (Å²) in [6.07, 6.45) is 6.44. The Bertz CT molecular complexity index is 2060. The number of carboxylic acid groups (broad SMARTS) is 1. The fourth-order valence-electron chi connectivity index (χ4n) is 7.24. The highest BCUT2D eigenvalue weighted by Crippen LogP contribution is 2.44. The number of nitrogens with one attached hydrogen (secondary N) is 7. The minimum Gasteiger partial charge on any atom is -0.481 e. The number of thioether (sulfide) groups is 1. The number of carbonyl (C=O) groups is 7. The molecule has 0 saturated carbocycles. The molecule has 5 atom stereocenters. The van der Waals surface area contributed by atoms with E-state index in [1.54, 1.807) is 0 Å². The molecule has 0 aliphatic carbocycles. The second-order valence-electron chi connectivity index (χ2n) is 15.6. The molecule has 1 unspecified atom stereocenters. The van der Waals surface area contributed by atoms with Gasteiger partial charge in [0, 0.05) is 73.5 Å². The van der Waals surface area contributed by atoms with Gasteiger partial charge in [0.05, 0.1) is 18.7 Å². The maximum Gasteiger partial charge on any atom is 0.315 e. The third kappa shape index (κ3) is 17.7. The molecular formula is C39H56F4N10O10S3. The van der Waals surface area contributed by atoms with Gasteiger partial charge in [0.2, 0.25) is 23.6 Å². The molecule has 0 radical (unpaired) electrons. The molecule has 27 heteroatoms. The summed E-state index contributed by atoms with van der Waals surface area (Å²) in [5, 5.41) is 30.4. The smallest absolute Gasteiger partial charge is 0.315 e. The zero-order valence-electron chi connectivity index (χ0n) is 36.3. The number of carbonyl (C=O) groups excluding carboxylic acids is 6. The maximum atomic E-state index is 14.3. The number of hydrogen-bond acceptors (Lipinski definition) is 12. The highest BCUT2D eigenvalue weighted by Gasteiger charge is 2.57. The number of nitrogens with zero attached hydrogens (tertiary/aromatic N) is 3. The summed E-state index contributed by atoms with van der Waals surface area (Å²) in [5.41, 5.74) is 5.28. The van der Waals surface area contributed by atoms with Gasteiger partial charge in [-0.1, -0.05) is 24.4 Å². The first kappa shape index (κ1) is 55.3. The lowest BCUT2D eigenvalue weighted by Gasteiger charge is -2.32. The summed E-state index contributed by atoms with van der Waals surface area (Å²) in [4.78, 5) is 89.1. The molecule has 3 rings (SSSR count). The summed E-state index contributed by atoms with van der Waals surface area (Å²) < 4.78 is 72.4. The minimum absolute atomic E-state index is 0.00731. The number of fused-ring (bicyclic) bond motifs is 1. The molecule has 2 fully saturated rings. The number of halogens is 4. The Hall–Kier alpha value is -4.98. The Kier molecular flexibility index (Phi) is 23.2. The average Bonchev–Trinajstić information content (AvgIpc) is 3.80. The maximum absolute atomic E-state index is 14.3. The van der Waals surface area contributed by atoms with Gasteiger partial charge in [-0.2, -0.15) is 0 Å². The lowest BCUT2D eigenvalue weighted by atomic mass is 9.88. The lowest BCUT2D eigenvalue weighted by molar-refractivity contribution is -0.137. The molecule has 2 aliphatic heterocycles. The molecule has 368 valence electrons. The van der Waals surface area contributed by atoms with Crippen molar-refractivity contribution in [1.82, 2.24) is 37.2 Å². The Morgan fingerprint density at radius 2 is 1.45 bits per heavy atom. The highest BCUT2D eigenvalue weighted by molar-refractivity contribution is 8.29. The van der Waals surface area contributed by atoms with Crippen LogP contribution < -0.4 is 37.2 Å². The van der Waals surface area contributed by atoms with Crippen LogP contribution in [0.15, 0.2) is 5.11 Å². The predicted molar refractivity (Wildman–Crippen MR) is 237 cm³/mol. The van der Waals surface area contributed by atoms with Crippen molar-refractivity contribution in [2.75, 3.05) is 44.8 Å². The van der Waals surface area contributed by atoms with Crippen molar-refractivity contribution < 1.29 is 64.6 Å². The van der Waals surface area contributed by atoms with Crippen molar-refractivity contribution in [1.29, 1.82) is 0 Å². The predicted octanol–water partition coefficient (Wildman–Crippen LogP) is 3.53. The summed E-state index contributed by atoms with van der Waals surface area (Å²) in [6, 6.07) is -1.92. The Morgan fingerprint density at radius 1 is 0.848 bits per heavy atom. The fraction of sp³-hybridized carbons (Fsp3) is 0.667.